The Hall–Kier alpha value is -2.94. The van der Waals surface area contributed by atoms with Crippen molar-refractivity contribution in [2.75, 3.05) is 26.2 Å². The number of carbonyl (C=O) groups excluding carboxylic acids is 4. The number of piperidine rings is 1. The fraction of sp³-hybridized carbons (Fsp3) is 0.524. The average molecular weight is 414 g/mol. The van der Waals surface area contributed by atoms with E-state index in [9.17, 15) is 19.2 Å². The molecule has 2 N–H and O–H groups in total. The average Bonchev–Trinajstić information content (AvgIpc) is 3.09. The first-order valence-corrected chi connectivity index (χ1v) is 10.4. The van der Waals surface area contributed by atoms with Crippen LogP contribution in [0.2, 0.25) is 0 Å². The van der Waals surface area contributed by atoms with Crippen LogP contribution in [0.3, 0.4) is 0 Å². The lowest BCUT2D eigenvalue weighted by Crippen LogP contribution is -2.53. The van der Waals surface area contributed by atoms with E-state index in [4.69, 9.17) is 4.74 Å². The molecule has 0 radical (unpaired) electrons. The van der Waals surface area contributed by atoms with Crippen LogP contribution in [0, 0.1) is 0 Å². The summed E-state index contributed by atoms with van der Waals surface area (Å²) in [7, 11) is 0. The quantitative estimate of drug-likeness (QED) is 0.659. The van der Waals surface area contributed by atoms with Crippen molar-refractivity contribution in [2.45, 2.75) is 44.8 Å². The van der Waals surface area contributed by atoms with E-state index in [0.717, 1.165) is 13.0 Å². The first-order chi connectivity index (χ1) is 14.5. The molecule has 160 valence electrons. The van der Waals surface area contributed by atoms with Gasteiger partial charge in [0.15, 0.2) is 6.61 Å². The van der Waals surface area contributed by atoms with Gasteiger partial charge in [-0.15, -0.1) is 0 Å². The Balaban J connectivity index is 1.43. The molecule has 1 aromatic rings. The molecule has 2 fully saturated rings. The van der Waals surface area contributed by atoms with Gasteiger partial charge in [0.25, 0.3) is 11.8 Å². The molecule has 0 bridgehead atoms. The summed E-state index contributed by atoms with van der Waals surface area (Å²) >= 11 is 0. The molecule has 2 unspecified atom stereocenters. The summed E-state index contributed by atoms with van der Waals surface area (Å²) in [4.78, 5) is 52.3. The van der Waals surface area contributed by atoms with Crippen molar-refractivity contribution < 1.29 is 23.9 Å². The number of hydrogen-bond acceptors (Lipinski definition) is 6. The number of amides is 4. The highest BCUT2D eigenvalue weighted by Crippen LogP contribution is 2.33. The zero-order chi connectivity index (χ0) is 21.3. The van der Waals surface area contributed by atoms with Gasteiger partial charge in [-0.1, -0.05) is 13.0 Å². The van der Waals surface area contributed by atoms with Gasteiger partial charge < -0.3 is 19.9 Å². The van der Waals surface area contributed by atoms with Crippen molar-refractivity contribution in [3.8, 4) is 5.75 Å². The molecule has 9 nitrogen and oxygen atoms in total. The molecule has 1 aromatic carbocycles. The zero-order valence-electron chi connectivity index (χ0n) is 17.0. The van der Waals surface area contributed by atoms with Gasteiger partial charge in [0.05, 0.1) is 6.54 Å². The number of hydrogen-bond donors (Lipinski definition) is 2. The summed E-state index contributed by atoms with van der Waals surface area (Å²) in [6, 6.07) is 4.76. The van der Waals surface area contributed by atoms with Gasteiger partial charge >= 0.3 is 0 Å². The van der Waals surface area contributed by atoms with Crippen molar-refractivity contribution in [1.82, 2.24) is 20.4 Å². The number of ether oxygens (including phenoxy) is 1. The minimum atomic E-state index is -0.677. The van der Waals surface area contributed by atoms with Crippen LogP contribution in [0.1, 0.15) is 42.1 Å². The lowest BCUT2D eigenvalue weighted by molar-refractivity contribution is -0.137. The van der Waals surface area contributed by atoms with Crippen LogP contribution < -0.4 is 15.4 Å². The molecule has 4 amide bonds. The highest BCUT2D eigenvalue weighted by atomic mass is 16.5. The molecule has 9 heteroatoms. The van der Waals surface area contributed by atoms with Gasteiger partial charge in [0.1, 0.15) is 11.8 Å². The second-order valence-corrected chi connectivity index (χ2v) is 7.87. The van der Waals surface area contributed by atoms with Crippen molar-refractivity contribution in [1.29, 1.82) is 0 Å². The highest BCUT2D eigenvalue weighted by Gasteiger charge is 2.40. The Bertz CT molecular complexity index is 886. The van der Waals surface area contributed by atoms with E-state index in [1.165, 1.54) is 4.90 Å². The molecule has 4 rings (SSSR count). The molecule has 0 saturated carbocycles. The molecule has 2 saturated heterocycles. The second kappa shape index (κ2) is 8.43. The number of carbonyl (C=O) groups is 4. The van der Waals surface area contributed by atoms with Crippen LogP contribution in [0.25, 0.3) is 0 Å². The Morgan fingerprint density at radius 3 is 2.87 bits per heavy atom. The van der Waals surface area contributed by atoms with E-state index < -0.39 is 11.9 Å². The summed E-state index contributed by atoms with van der Waals surface area (Å²) < 4.78 is 5.82. The molecule has 30 heavy (non-hydrogen) atoms. The maximum absolute atomic E-state index is 12.9. The van der Waals surface area contributed by atoms with Crippen LogP contribution in [0.5, 0.6) is 5.75 Å². The van der Waals surface area contributed by atoms with Crippen LogP contribution in [-0.4, -0.2) is 71.8 Å². The number of rotatable bonds is 5. The summed E-state index contributed by atoms with van der Waals surface area (Å²) in [5.74, 6) is -0.635. The lowest BCUT2D eigenvalue weighted by Gasteiger charge is -2.33. The van der Waals surface area contributed by atoms with Crippen LogP contribution in [-0.2, 0) is 20.9 Å². The van der Waals surface area contributed by atoms with E-state index >= 15 is 0 Å². The predicted molar refractivity (Wildman–Crippen MR) is 107 cm³/mol. The van der Waals surface area contributed by atoms with E-state index in [2.05, 4.69) is 17.6 Å². The van der Waals surface area contributed by atoms with Gasteiger partial charge in [-0.05, 0) is 25.0 Å². The van der Waals surface area contributed by atoms with Crippen LogP contribution in [0.4, 0.5) is 0 Å². The largest absolute Gasteiger partial charge is 0.483 e. The van der Waals surface area contributed by atoms with Crippen LogP contribution in [0.15, 0.2) is 18.2 Å². The third-order valence-electron chi connectivity index (χ3n) is 5.99. The summed E-state index contributed by atoms with van der Waals surface area (Å²) in [5, 5.41) is 5.67. The third kappa shape index (κ3) is 3.89. The number of imide groups is 1. The first-order valence-electron chi connectivity index (χ1n) is 10.4. The van der Waals surface area contributed by atoms with Crippen molar-refractivity contribution in [3.63, 3.8) is 0 Å². The van der Waals surface area contributed by atoms with Gasteiger partial charge in [0, 0.05) is 43.2 Å². The van der Waals surface area contributed by atoms with E-state index in [1.807, 2.05) is 0 Å². The number of nitrogens with one attached hydrogen (secondary N) is 2. The Morgan fingerprint density at radius 2 is 2.10 bits per heavy atom. The minimum absolute atomic E-state index is 0.0843. The number of benzene rings is 1. The van der Waals surface area contributed by atoms with Crippen molar-refractivity contribution in [3.05, 3.63) is 29.3 Å². The van der Waals surface area contributed by atoms with Gasteiger partial charge in [-0.2, -0.15) is 0 Å². The summed E-state index contributed by atoms with van der Waals surface area (Å²) in [5.41, 5.74) is 1.14. The summed E-state index contributed by atoms with van der Waals surface area (Å²) in [6.07, 6.45) is 1.47. The Morgan fingerprint density at radius 1 is 1.27 bits per heavy atom. The molecular formula is C21H26N4O5. The minimum Gasteiger partial charge on any atom is -0.483 e. The molecule has 3 heterocycles. The maximum Gasteiger partial charge on any atom is 0.260 e. The maximum atomic E-state index is 12.9. The molecule has 0 aliphatic carbocycles. The predicted octanol–water partition coefficient (Wildman–Crippen LogP) is 0.0368. The molecule has 0 aromatic heterocycles. The van der Waals surface area contributed by atoms with E-state index in [1.54, 1.807) is 23.1 Å². The van der Waals surface area contributed by atoms with E-state index in [0.29, 0.717) is 42.4 Å². The zero-order valence-corrected chi connectivity index (χ0v) is 17.0. The van der Waals surface area contributed by atoms with Crippen LogP contribution >= 0.6 is 0 Å². The van der Waals surface area contributed by atoms with E-state index in [-0.39, 0.29) is 37.3 Å². The third-order valence-corrected chi connectivity index (χ3v) is 5.99. The number of piperazine rings is 1. The van der Waals surface area contributed by atoms with Gasteiger partial charge in [-0.25, -0.2) is 0 Å². The molecule has 2 atom stereocenters. The molecule has 0 spiro atoms. The monoisotopic (exact) mass is 414 g/mol. The topological polar surface area (TPSA) is 108 Å². The fourth-order valence-corrected chi connectivity index (χ4v) is 4.25. The first kappa shape index (κ1) is 20.3. The highest BCUT2D eigenvalue weighted by molar-refractivity contribution is 6.05. The standard InChI is InChI=1S/C21H26N4O5/c1-2-13-10-24(9-8-22-13)19(27)12-30-17-5-3-4-14-15(17)11-25(21(14)29)16-6-7-18(26)23-20(16)28/h3-5,13,16,22H,2,6-12H2,1H3,(H,23,26,28). The summed E-state index contributed by atoms with van der Waals surface area (Å²) in [6.45, 7) is 4.28. The second-order valence-electron chi connectivity index (χ2n) is 7.87. The normalized spacial score (nSPS) is 24.0. The van der Waals surface area contributed by atoms with Gasteiger partial charge in [0.2, 0.25) is 11.8 Å². The molecule has 3 aliphatic rings. The SMILES string of the molecule is CCC1CN(C(=O)COc2cccc3c2CN(C2CCC(=O)NC2=O)C3=O)CCN1. The van der Waals surface area contributed by atoms with Crippen molar-refractivity contribution >= 4 is 23.6 Å². The number of nitrogens with zero attached hydrogens (tertiary/aromatic N) is 2. The Kier molecular flexibility index (Phi) is 5.72. The fourth-order valence-electron chi connectivity index (χ4n) is 4.25. The molecular weight excluding hydrogens is 388 g/mol. The number of fused-ring (bicyclic) bond motifs is 1. The molecule has 3 aliphatic heterocycles. The van der Waals surface area contributed by atoms with Crippen molar-refractivity contribution in [2.24, 2.45) is 0 Å². The lowest BCUT2D eigenvalue weighted by atomic mass is 10.0. The Labute approximate surface area is 174 Å². The van der Waals surface area contributed by atoms with Gasteiger partial charge in [-0.3, -0.25) is 24.5 Å². The smallest absolute Gasteiger partial charge is 0.260 e.